The highest BCUT2D eigenvalue weighted by atomic mass is 16.1. The minimum absolute atomic E-state index is 0.0483. The Kier molecular flexibility index (Phi) is 4.50. The summed E-state index contributed by atoms with van der Waals surface area (Å²) in [7, 11) is 0. The van der Waals surface area contributed by atoms with Crippen LogP contribution in [0.4, 0.5) is 0 Å². The van der Waals surface area contributed by atoms with Gasteiger partial charge in [0.1, 0.15) is 11.6 Å². The second-order valence-electron chi connectivity index (χ2n) is 4.89. The maximum Gasteiger partial charge on any atom is 0.223 e. The zero-order valence-corrected chi connectivity index (χ0v) is 12.1. The molecule has 0 fully saturated rings. The monoisotopic (exact) mass is 272 g/mol. The number of nitrogens with zero attached hydrogens (tertiary/aromatic N) is 3. The summed E-state index contributed by atoms with van der Waals surface area (Å²) in [6, 6.07) is 3.87. The standard InChI is InChI=1S/C15H20N4O/c1-4-11(2)15(20)18-10-13-5-6-17-14(9-13)19-8-7-16-12(19)3/h5-9,11H,4,10H2,1-3H3,(H,18,20). The minimum Gasteiger partial charge on any atom is -0.352 e. The molecule has 0 bridgehead atoms. The fraction of sp³-hybridized carbons (Fsp3) is 0.400. The van der Waals surface area contributed by atoms with Gasteiger partial charge in [0.15, 0.2) is 0 Å². The molecule has 20 heavy (non-hydrogen) atoms. The fourth-order valence-corrected chi connectivity index (χ4v) is 1.87. The molecule has 0 saturated heterocycles. The predicted molar refractivity (Wildman–Crippen MR) is 77.4 cm³/mol. The summed E-state index contributed by atoms with van der Waals surface area (Å²) in [6.07, 6.45) is 6.22. The number of pyridine rings is 1. The number of aromatic nitrogens is 3. The van der Waals surface area contributed by atoms with Gasteiger partial charge in [0.05, 0.1) is 0 Å². The number of amides is 1. The summed E-state index contributed by atoms with van der Waals surface area (Å²) in [5.41, 5.74) is 1.03. The molecule has 5 heteroatoms. The first kappa shape index (κ1) is 14.2. The van der Waals surface area contributed by atoms with Gasteiger partial charge in [-0.2, -0.15) is 0 Å². The molecule has 1 atom stereocenters. The Bertz CT molecular complexity index is 591. The number of hydrogen-bond donors (Lipinski definition) is 1. The van der Waals surface area contributed by atoms with Crippen LogP contribution in [0, 0.1) is 12.8 Å². The summed E-state index contributed by atoms with van der Waals surface area (Å²) >= 11 is 0. The van der Waals surface area contributed by atoms with E-state index in [1.807, 2.05) is 43.7 Å². The normalized spacial score (nSPS) is 12.2. The molecule has 1 N–H and O–H groups in total. The summed E-state index contributed by atoms with van der Waals surface area (Å²) < 4.78 is 1.92. The van der Waals surface area contributed by atoms with Crippen molar-refractivity contribution in [1.82, 2.24) is 19.9 Å². The lowest BCUT2D eigenvalue weighted by Gasteiger charge is -2.11. The van der Waals surface area contributed by atoms with Crippen LogP contribution < -0.4 is 5.32 Å². The van der Waals surface area contributed by atoms with Crippen LogP contribution in [-0.2, 0) is 11.3 Å². The molecule has 0 spiro atoms. The van der Waals surface area contributed by atoms with Gasteiger partial charge in [0, 0.05) is 31.1 Å². The Morgan fingerprint density at radius 3 is 2.85 bits per heavy atom. The first-order valence-electron chi connectivity index (χ1n) is 6.84. The molecule has 0 aliphatic carbocycles. The molecular formula is C15H20N4O. The first-order valence-corrected chi connectivity index (χ1v) is 6.84. The lowest BCUT2D eigenvalue weighted by molar-refractivity contribution is -0.124. The predicted octanol–water partition coefficient (Wildman–Crippen LogP) is 2.24. The van der Waals surface area contributed by atoms with Crippen LogP contribution in [0.15, 0.2) is 30.7 Å². The lowest BCUT2D eigenvalue weighted by atomic mass is 10.1. The van der Waals surface area contributed by atoms with Crippen LogP contribution in [0.5, 0.6) is 0 Å². The van der Waals surface area contributed by atoms with E-state index in [1.165, 1.54) is 0 Å². The maximum atomic E-state index is 11.8. The van der Waals surface area contributed by atoms with Gasteiger partial charge in [-0.25, -0.2) is 9.97 Å². The fourth-order valence-electron chi connectivity index (χ4n) is 1.87. The highest BCUT2D eigenvalue weighted by Gasteiger charge is 2.10. The molecule has 1 amide bonds. The highest BCUT2D eigenvalue weighted by molar-refractivity contribution is 5.78. The largest absolute Gasteiger partial charge is 0.352 e. The number of carbonyl (C=O) groups excluding carboxylic acids is 1. The number of aryl methyl sites for hydroxylation is 1. The van der Waals surface area contributed by atoms with Gasteiger partial charge in [0.25, 0.3) is 0 Å². The van der Waals surface area contributed by atoms with Gasteiger partial charge in [0.2, 0.25) is 5.91 Å². The number of rotatable bonds is 5. The van der Waals surface area contributed by atoms with Crippen molar-refractivity contribution in [2.75, 3.05) is 0 Å². The van der Waals surface area contributed by atoms with Crippen molar-refractivity contribution >= 4 is 5.91 Å². The van der Waals surface area contributed by atoms with Crippen LogP contribution in [-0.4, -0.2) is 20.4 Å². The van der Waals surface area contributed by atoms with Gasteiger partial charge in [-0.1, -0.05) is 13.8 Å². The van der Waals surface area contributed by atoms with Crippen LogP contribution in [0.25, 0.3) is 5.82 Å². The van der Waals surface area contributed by atoms with Gasteiger partial charge in [-0.3, -0.25) is 9.36 Å². The summed E-state index contributed by atoms with van der Waals surface area (Å²) in [5, 5.41) is 2.95. The first-order chi connectivity index (χ1) is 9.61. The zero-order valence-electron chi connectivity index (χ0n) is 12.1. The van der Waals surface area contributed by atoms with Crippen molar-refractivity contribution in [3.05, 3.63) is 42.1 Å². The van der Waals surface area contributed by atoms with E-state index in [2.05, 4.69) is 15.3 Å². The average molecular weight is 272 g/mol. The van der Waals surface area contributed by atoms with Crippen LogP contribution in [0.1, 0.15) is 31.7 Å². The van der Waals surface area contributed by atoms with E-state index < -0.39 is 0 Å². The van der Waals surface area contributed by atoms with Crippen LogP contribution in [0.3, 0.4) is 0 Å². The Labute approximate surface area is 119 Å². The molecule has 0 aromatic carbocycles. The smallest absolute Gasteiger partial charge is 0.223 e. The number of nitrogens with one attached hydrogen (secondary N) is 1. The molecule has 2 aromatic rings. The van der Waals surface area contributed by atoms with Crippen molar-refractivity contribution < 1.29 is 4.79 Å². The zero-order chi connectivity index (χ0) is 14.5. The molecule has 2 rings (SSSR count). The van der Waals surface area contributed by atoms with Crippen molar-refractivity contribution in [1.29, 1.82) is 0 Å². The Hall–Kier alpha value is -2.17. The molecule has 0 aliphatic heterocycles. The second kappa shape index (κ2) is 6.32. The van der Waals surface area contributed by atoms with E-state index in [1.54, 1.807) is 12.4 Å². The molecule has 1 unspecified atom stereocenters. The molecule has 0 saturated carbocycles. The third-order valence-corrected chi connectivity index (χ3v) is 3.41. The Morgan fingerprint density at radius 1 is 1.40 bits per heavy atom. The molecule has 5 nitrogen and oxygen atoms in total. The topological polar surface area (TPSA) is 59.8 Å². The van der Waals surface area contributed by atoms with Gasteiger partial charge >= 0.3 is 0 Å². The van der Waals surface area contributed by atoms with Crippen molar-refractivity contribution in [3.63, 3.8) is 0 Å². The third kappa shape index (κ3) is 3.23. The van der Waals surface area contributed by atoms with Crippen LogP contribution >= 0.6 is 0 Å². The van der Waals surface area contributed by atoms with E-state index in [-0.39, 0.29) is 11.8 Å². The maximum absolute atomic E-state index is 11.8. The second-order valence-corrected chi connectivity index (χ2v) is 4.89. The summed E-state index contributed by atoms with van der Waals surface area (Å²) in [4.78, 5) is 20.3. The minimum atomic E-state index is 0.0483. The van der Waals surface area contributed by atoms with Gasteiger partial charge < -0.3 is 5.32 Å². The molecule has 0 radical (unpaired) electrons. The summed E-state index contributed by atoms with van der Waals surface area (Å²) in [5.74, 6) is 1.84. The number of hydrogen-bond acceptors (Lipinski definition) is 3. The van der Waals surface area contributed by atoms with Crippen molar-refractivity contribution in [3.8, 4) is 5.82 Å². The molecule has 106 valence electrons. The van der Waals surface area contributed by atoms with E-state index >= 15 is 0 Å². The third-order valence-electron chi connectivity index (χ3n) is 3.41. The molecule has 2 heterocycles. The number of imidazole rings is 1. The average Bonchev–Trinajstić information content (AvgIpc) is 2.90. The quantitative estimate of drug-likeness (QED) is 0.908. The van der Waals surface area contributed by atoms with Gasteiger partial charge in [-0.05, 0) is 31.0 Å². The van der Waals surface area contributed by atoms with E-state index in [0.717, 1.165) is 23.6 Å². The van der Waals surface area contributed by atoms with E-state index in [0.29, 0.717) is 6.54 Å². The SMILES string of the molecule is CCC(C)C(=O)NCc1ccnc(-n2ccnc2C)c1. The van der Waals surface area contributed by atoms with Crippen LogP contribution in [0.2, 0.25) is 0 Å². The van der Waals surface area contributed by atoms with E-state index in [9.17, 15) is 4.79 Å². The van der Waals surface area contributed by atoms with E-state index in [4.69, 9.17) is 0 Å². The van der Waals surface area contributed by atoms with Crippen molar-refractivity contribution in [2.24, 2.45) is 5.92 Å². The lowest BCUT2D eigenvalue weighted by Crippen LogP contribution is -2.28. The molecule has 0 aliphatic rings. The molecule has 2 aromatic heterocycles. The van der Waals surface area contributed by atoms with Gasteiger partial charge in [-0.15, -0.1) is 0 Å². The molecular weight excluding hydrogens is 252 g/mol. The Morgan fingerprint density at radius 2 is 2.20 bits per heavy atom. The number of carbonyl (C=O) groups is 1. The highest BCUT2D eigenvalue weighted by Crippen LogP contribution is 2.10. The summed E-state index contributed by atoms with van der Waals surface area (Å²) in [6.45, 7) is 6.39. The Balaban J connectivity index is 2.07. The van der Waals surface area contributed by atoms with Crippen molar-refractivity contribution in [2.45, 2.75) is 33.7 Å².